The summed E-state index contributed by atoms with van der Waals surface area (Å²) in [5, 5.41) is 0. The molecule has 0 aliphatic heterocycles. The molecule has 0 aliphatic rings. The standard InChI is InChI=1S/C10H11N3S/c14-6-3-10-12-5-2-9(13-10)8-1-4-11-7-8/h1-2,4-5,7,11,14H,3,6H2. The van der Waals surface area contributed by atoms with Gasteiger partial charge in [0.1, 0.15) is 5.82 Å². The van der Waals surface area contributed by atoms with Crippen LogP contribution in [-0.4, -0.2) is 20.7 Å². The van der Waals surface area contributed by atoms with E-state index in [1.54, 1.807) is 6.20 Å². The quantitative estimate of drug-likeness (QED) is 0.752. The average Bonchev–Trinajstić information content (AvgIpc) is 2.71. The van der Waals surface area contributed by atoms with Crippen molar-refractivity contribution in [3.05, 3.63) is 36.5 Å². The molecular formula is C10H11N3S. The zero-order valence-electron chi connectivity index (χ0n) is 7.64. The van der Waals surface area contributed by atoms with Crippen LogP contribution in [0.5, 0.6) is 0 Å². The van der Waals surface area contributed by atoms with Crippen LogP contribution in [0.15, 0.2) is 30.7 Å². The van der Waals surface area contributed by atoms with Gasteiger partial charge in [-0.3, -0.25) is 0 Å². The predicted octanol–water partition coefficient (Wildman–Crippen LogP) is 1.94. The number of nitrogens with one attached hydrogen (secondary N) is 1. The van der Waals surface area contributed by atoms with Crippen molar-refractivity contribution in [1.29, 1.82) is 0 Å². The summed E-state index contributed by atoms with van der Waals surface area (Å²) in [6.45, 7) is 0. The molecule has 0 radical (unpaired) electrons. The van der Waals surface area contributed by atoms with Crippen LogP contribution in [0.4, 0.5) is 0 Å². The molecule has 0 aromatic carbocycles. The molecule has 0 atom stereocenters. The Morgan fingerprint density at radius 3 is 3.00 bits per heavy atom. The smallest absolute Gasteiger partial charge is 0.129 e. The van der Waals surface area contributed by atoms with Gasteiger partial charge in [0, 0.05) is 30.6 Å². The second-order valence-electron chi connectivity index (χ2n) is 2.93. The van der Waals surface area contributed by atoms with Crippen LogP contribution in [0.25, 0.3) is 11.3 Å². The summed E-state index contributed by atoms with van der Waals surface area (Å²) in [4.78, 5) is 11.6. The molecule has 14 heavy (non-hydrogen) atoms. The van der Waals surface area contributed by atoms with Crippen LogP contribution in [0, 0.1) is 0 Å². The highest BCUT2D eigenvalue weighted by Crippen LogP contribution is 2.14. The van der Waals surface area contributed by atoms with Crippen LogP contribution >= 0.6 is 12.6 Å². The fourth-order valence-corrected chi connectivity index (χ4v) is 1.46. The summed E-state index contributed by atoms with van der Waals surface area (Å²) >= 11 is 4.16. The van der Waals surface area contributed by atoms with E-state index >= 15 is 0 Å². The van der Waals surface area contributed by atoms with Crippen molar-refractivity contribution < 1.29 is 0 Å². The Hall–Kier alpha value is -1.29. The Balaban J connectivity index is 2.31. The number of rotatable bonds is 3. The molecule has 72 valence electrons. The van der Waals surface area contributed by atoms with Crippen molar-refractivity contribution in [3.8, 4) is 11.3 Å². The van der Waals surface area contributed by atoms with Gasteiger partial charge in [0.15, 0.2) is 0 Å². The van der Waals surface area contributed by atoms with E-state index in [0.717, 1.165) is 29.3 Å². The van der Waals surface area contributed by atoms with Gasteiger partial charge in [0.25, 0.3) is 0 Å². The summed E-state index contributed by atoms with van der Waals surface area (Å²) in [6, 6.07) is 3.90. The van der Waals surface area contributed by atoms with E-state index in [4.69, 9.17) is 0 Å². The highest BCUT2D eigenvalue weighted by Gasteiger charge is 2.01. The highest BCUT2D eigenvalue weighted by atomic mass is 32.1. The highest BCUT2D eigenvalue weighted by molar-refractivity contribution is 7.80. The first-order valence-electron chi connectivity index (χ1n) is 4.46. The Labute approximate surface area is 88.0 Å². The number of aromatic amines is 1. The fraction of sp³-hybridized carbons (Fsp3) is 0.200. The minimum atomic E-state index is 0.774. The first-order chi connectivity index (χ1) is 6.90. The first-order valence-corrected chi connectivity index (χ1v) is 5.09. The number of aromatic nitrogens is 3. The lowest BCUT2D eigenvalue weighted by molar-refractivity contribution is 0.953. The van der Waals surface area contributed by atoms with Gasteiger partial charge in [-0.2, -0.15) is 12.6 Å². The molecule has 1 N–H and O–H groups in total. The fourth-order valence-electron chi connectivity index (χ4n) is 1.26. The van der Waals surface area contributed by atoms with E-state index in [2.05, 4.69) is 27.6 Å². The molecule has 0 amide bonds. The van der Waals surface area contributed by atoms with Crippen molar-refractivity contribution in [1.82, 2.24) is 15.0 Å². The maximum Gasteiger partial charge on any atom is 0.129 e. The second-order valence-corrected chi connectivity index (χ2v) is 3.38. The Bertz CT molecular complexity index is 398. The van der Waals surface area contributed by atoms with Crippen LogP contribution in [0.1, 0.15) is 5.82 Å². The van der Waals surface area contributed by atoms with E-state index in [1.807, 2.05) is 24.5 Å². The van der Waals surface area contributed by atoms with Crippen molar-refractivity contribution in [2.75, 3.05) is 5.75 Å². The molecule has 3 nitrogen and oxygen atoms in total. The van der Waals surface area contributed by atoms with E-state index in [9.17, 15) is 0 Å². The lowest BCUT2D eigenvalue weighted by Crippen LogP contribution is -1.96. The number of H-pyrrole nitrogens is 1. The number of aryl methyl sites for hydroxylation is 1. The molecule has 4 heteroatoms. The summed E-state index contributed by atoms with van der Waals surface area (Å²) in [5.74, 6) is 1.62. The van der Waals surface area contributed by atoms with Crippen molar-refractivity contribution in [2.24, 2.45) is 0 Å². The molecule has 0 spiro atoms. The maximum absolute atomic E-state index is 4.42. The Morgan fingerprint density at radius 1 is 1.36 bits per heavy atom. The van der Waals surface area contributed by atoms with Gasteiger partial charge in [-0.05, 0) is 17.9 Å². The van der Waals surface area contributed by atoms with E-state index < -0.39 is 0 Å². The first kappa shape index (κ1) is 9.27. The van der Waals surface area contributed by atoms with Crippen LogP contribution in [-0.2, 0) is 6.42 Å². The minimum Gasteiger partial charge on any atom is -0.367 e. The summed E-state index contributed by atoms with van der Waals surface area (Å²) < 4.78 is 0. The monoisotopic (exact) mass is 205 g/mol. The summed E-state index contributed by atoms with van der Waals surface area (Å²) in [7, 11) is 0. The molecule has 0 unspecified atom stereocenters. The Morgan fingerprint density at radius 2 is 2.29 bits per heavy atom. The second kappa shape index (κ2) is 4.28. The van der Waals surface area contributed by atoms with Gasteiger partial charge in [-0.15, -0.1) is 0 Å². The normalized spacial score (nSPS) is 10.4. The lowest BCUT2D eigenvalue weighted by atomic mass is 10.2. The van der Waals surface area contributed by atoms with Crippen LogP contribution in [0.2, 0.25) is 0 Å². The molecule has 0 saturated carbocycles. The third-order valence-corrected chi connectivity index (χ3v) is 2.16. The van der Waals surface area contributed by atoms with E-state index in [1.165, 1.54) is 0 Å². The summed E-state index contributed by atoms with van der Waals surface area (Å²) in [5.41, 5.74) is 2.05. The molecule has 2 rings (SSSR count). The van der Waals surface area contributed by atoms with Crippen molar-refractivity contribution >= 4 is 12.6 Å². The van der Waals surface area contributed by atoms with Gasteiger partial charge in [-0.25, -0.2) is 9.97 Å². The number of hydrogen-bond acceptors (Lipinski definition) is 3. The zero-order chi connectivity index (χ0) is 9.80. The number of nitrogens with zero attached hydrogens (tertiary/aromatic N) is 2. The van der Waals surface area contributed by atoms with Gasteiger partial charge < -0.3 is 4.98 Å². The largest absolute Gasteiger partial charge is 0.367 e. The number of hydrogen-bond donors (Lipinski definition) is 2. The Kier molecular flexibility index (Phi) is 2.84. The van der Waals surface area contributed by atoms with Gasteiger partial charge in [-0.1, -0.05) is 0 Å². The van der Waals surface area contributed by atoms with Crippen molar-refractivity contribution in [3.63, 3.8) is 0 Å². The van der Waals surface area contributed by atoms with Crippen LogP contribution in [0.3, 0.4) is 0 Å². The van der Waals surface area contributed by atoms with Gasteiger partial charge in [0.2, 0.25) is 0 Å². The third-order valence-electron chi connectivity index (χ3n) is 1.93. The predicted molar refractivity (Wildman–Crippen MR) is 59.4 cm³/mol. The minimum absolute atomic E-state index is 0.774. The molecule has 0 saturated heterocycles. The summed E-state index contributed by atoms with van der Waals surface area (Å²) in [6.07, 6.45) is 6.40. The van der Waals surface area contributed by atoms with Crippen molar-refractivity contribution in [2.45, 2.75) is 6.42 Å². The topological polar surface area (TPSA) is 41.6 Å². The zero-order valence-corrected chi connectivity index (χ0v) is 8.54. The van der Waals surface area contributed by atoms with Gasteiger partial charge in [0.05, 0.1) is 5.69 Å². The van der Waals surface area contributed by atoms with Crippen LogP contribution < -0.4 is 0 Å². The van der Waals surface area contributed by atoms with E-state index in [0.29, 0.717) is 0 Å². The van der Waals surface area contributed by atoms with E-state index in [-0.39, 0.29) is 0 Å². The van der Waals surface area contributed by atoms with Gasteiger partial charge >= 0.3 is 0 Å². The molecule has 2 aromatic rings. The molecule has 0 bridgehead atoms. The lowest BCUT2D eigenvalue weighted by Gasteiger charge is -1.99. The number of thiol groups is 1. The molecule has 2 aromatic heterocycles. The molecule has 0 fully saturated rings. The SMILES string of the molecule is SCCc1nccc(-c2cc[nH]c2)n1. The maximum atomic E-state index is 4.42. The average molecular weight is 205 g/mol. The molecule has 0 aliphatic carbocycles. The molecule has 2 heterocycles. The third kappa shape index (κ3) is 1.96. The molecular weight excluding hydrogens is 194 g/mol.